The molecule has 2 rings (SSSR count). The highest BCUT2D eigenvalue weighted by Crippen LogP contribution is 2.37. The fraction of sp³-hybridized carbons (Fsp3) is 1.00. The molecule has 2 aliphatic rings. The van der Waals surface area contributed by atoms with E-state index in [1.165, 1.54) is 51.5 Å². The molecule has 106 valence electrons. The van der Waals surface area contributed by atoms with Gasteiger partial charge in [-0.05, 0) is 38.1 Å². The maximum absolute atomic E-state index is 6.19. The van der Waals surface area contributed by atoms with E-state index in [2.05, 4.69) is 11.8 Å². The zero-order chi connectivity index (χ0) is 13.0. The van der Waals surface area contributed by atoms with Gasteiger partial charge in [-0.3, -0.25) is 4.90 Å². The standard InChI is InChI=1S/C15H30N2O/c1-3-17(11-13-7-6-8-13)15(12-16)10-5-4-9-14(15)18-2/h13-14H,3-12,16H2,1-2H3. The van der Waals surface area contributed by atoms with E-state index in [0.717, 1.165) is 19.0 Å². The zero-order valence-electron chi connectivity index (χ0n) is 12.2. The highest BCUT2D eigenvalue weighted by atomic mass is 16.5. The van der Waals surface area contributed by atoms with Crippen LogP contribution >= 0.6 is 0 Å². The molecule has 2 unspecified atom stereocenters. The van der Waals surface area contributed by atoms with Gasteiger partial charge in [0.2, 0.25) is 0 Å². The van der Waals surface area contributed by atoms with Crippen LogP contribution in [0, 0.1) is 5.92 Å². The summed E-state index contributed by atoms with van der Waals surface area (Å²) in [5.41, 5.74) is 6.30. The van der Waals surface area contributed by atoms with Crippen molar-refractivity contribution in [3.8, 4) is 0 Å². The largest absolute Gasteiger partial charge is 0.379 e. The van der Waals surface area contributed by atoms with Crippen LogP contribution in [0.15, 0.2) is 0 Å². The van der Waals surface area contributed by atoms with E-state index in [0.29, 0.717) is 6.10 Å². The first kappa shape index (κ1) is 14.3. The fourth-order valence-corrected chi connectivity index (χ4v) is 3.86. The van der Waals surface area contributed by atoms with E-state index in [9.17, 15) is 0 Å². The summed E-state index contributed by atoms with van der Waals surface area (Å²) in [7, 11) is 1.86. The van der Waals surface area contributed by atoms with Crippen LogP contribution in [0.4, 0.5) is 0 Å². The summed E-state index contributed by atoms with van der Waals surface area (Å²) >= 11 is 0. The molecule has 0 aliphatic heterocycles. The van der Waals surface area contributed by atoms with Crippen molar-refractivity contribution in [3.05, 3.63) is 0 Å². The van der Waals surface area contributed by atoms with Crippen LogP contribution in [0.3, 0.4) is 0 Å². The fourth-order valence-electron chi connectivity index (χ4n) is 3.86. The van der Waals surface area contributed by atoms with Crippen LogP contribution in [-0.2, 0) is 4.74 Å². The number of nitrogens with two attached hydrogens (primary N) is 1. The number of methoxy groups -OCH3 is 1. The van der Waals surface area contributed by atoms with Gasteiger partial charge in [0.1, 0.15) is 0 Å². The molecule has 2 saturated carbocycles. The Hall–Kier alpha value is -0.120. The number of nitrogens with zero attached hydrogens (tertiary/aromatic N) is 1. The third-order valence-electron chi connectivity index (χ3n) is 5.28. The molecule has 18 heavy (non-hydrogen) atoms. The Balaban J connectivity index is 2.09. The van der Waals surface area contributed by atoms with Crippen LogP contribution in [0.1, 0.15) is 51.9 Å². The summed E-state index contributed by atoms with van der Waals surface area (Å²) in [5.74, 6) is 0.910. The van der Waals surface area contributed by atoms with E-state index >= 15 is 0 Å². The summed E-state index contributed by atoms with van der Waals surface area (Å²) < 4.78 is 5.79. The molecule has 0 spiro atoms. The van der Waals surface area contributed by atoms with Gasteiger partial charge in [-0.1, -0.05) is 26.2 Å². The van der Waals surface area contributed by atoms with Crippen LogP contribution in [-0.4, -0.2) is 43.3 Å². The van der Waals surface area contributed by atoms with Gasteiger partial charge in [-0.2, -0.15) is 0 Å². The number of likely N-dealkylation sites (N-methyl/N-ethyl adjacent to an activating group) is 1. The Morgan fingerprint density at radius 2 is 2.00 bits per heavy atom. The second kappa shape index (κ2) is 6.36. The van der Waals surface area contributed by atoms with Crippen molar-refractivity contribution in [1.82, 2.24) is 4.90 Å². The van der Waals surface area contributed by atoms with Gasteiger partial charge in [-0.25, -0.2) is 0 Å². The Morgan fingerprint density at radius 3 is 2.50 bits per heavy atom. The van der Waals surface area contributed by atoms with Crippen LogP contribution < -0.4 is 5.73 Å². The molecular formula is C15H30N2O. The molecule has 0 bridgehead atoms. The monoisotopic (exact) mass is 254 g/mol. The molecule has 3 nitrogen and oxygen atoms in total. The first-order chi connectivity index (χ1) is 8.76. The molecule has 0 aromatic heterocycles. The van der Waals surface area contributed by atoms with Crippen molar-refractivity contribution in [2.75, 3.05) is 26.7 Å². The van der Waals surface area contributed by atoms with E-state index in [-0.39, 0.29) is 5.54 Å². The Labute approximate surface area is 112 Å². The number of rotatable bonds is 6. The molecule has 2 aliphatic carbocycles. The first-order valence-corrected chi connectivity index (χ1v) is 7.74. The second-order valence-electron chi connectivity index (χ2n) is 6.11. The summed E-state index contributed by atoms with van der Waals surface area (Å²) in [6.45, 7) is 5.35. The lowest BCUT2D eigenvalue weighted by Gasteiger charge is -2.51. The van der Waals surface area contributed by atoms with E-state index in [4.69, 9.17) is 10.5 Å². The summed E-state index contributed by atoms with van der Waals surface area (Å²) in [6.07, 6.45) is 9.56. The van der Waals surface area contributed by atoms with Gasteiger partial charge in [0.05, 0.1) is 11.6 Å². The topological polar surface area (TPSA) is 38.5 Å². The average Bonchev–Trinajstić information content (AvgIpc) is 2.37. The normalized spacial score (nSPS) is 33.7. The lowest BCUT2D eigenvalue weighted by Crippen LogP contribution is -2.64. The highest BCUT2D eigenvalue weighted by molar-refractivity contribution is 5.01. The molecule has 2 fully saturated rings. The van der Waals surface area contributed by atoms with Gasteiger partial charge < -0.3 is 10.5 Å². The third-order valence-corrected chi connectivity index (χ3v) is 5.28. The lowest BCUT2D eigenvalue weighted by atomic mass is 9.76. The highest BCUT2D eigenvalue weighted by Gasteiger charge is 2.44. The molecule has 0 radical (unpaired) electrons. The summed E-state index contributed by atoms with van der Waals surface area (Å²) in [4.78, 5) is 2.64. The summed E-state index contributed by atoms with van der Waals surface area (Å²) in [6, 6.07) is 0. The minimum absolute atomic E-state index is 0.108. The van der Waals surface area contributed by atoms with Crippen molar-refractivity contribution in [2.24, 2.45) is 11.7 Å². The van der Waals surface area contributed by atoms with E-state index < -0.39 is 0 Å². The number of hydrogen-bond acceptors (Lipinski definition) is 3. The van der Waals surface area contributed by atoms with Crippen molar-refractivity contribution >= 4 is 0 Å². The molecule has 3 heteroatoms. The van der Waals surface area contributed by atoms with E-state index in [1.54, 1.807) is 0 Å². The summed E-state index contributed by atoms with van der Waals surface area (Å²) in [5, 5.41) is 0. The molecule has 0 heterocycles. The first-order valence-electron chi connectivity index (χ1n) is 7.74. The van der Waals surface area contributed by atoms with Crippen LogP contribution in [0.25, 0.3) is 0 Å². The molecule has 0 amide bonds. The molecule has 2 N–H and O–H groups in total. The van der Waals surface area contributed by atoms with Crippen molar-refractivity contribution < 1.29 is 4.74 Å². The predicted molar refractivity (Wildman–Crippen MR) is 75.6 cm³/mol. The molecule has 0 aromatic rings. The van der Waals surface area contributed by atoms with Gasteiger partial charge in [0.25, 0.3) is 0 Å². The Kier molecular flexibility index (Phi) is 5.05. The third kappa shape index (κ3) is 2.59. The van der Waals surface area contributed by atoms with Gasteiger partial charge >= 0.3 is 0 Å². The van der Waals surface area contributed by atoms with E-state index in [1.807, 2.05) is 7.11 Å². The SMILES string of the molecule is CCN(CC1CCC1)C1(CN)CCCCC1OC. The minimum Gasteiger partial charge on any atom is -0.379 e. The average molecular weight is 254 g/mol. The van der Waals surface area contributed by atoms with Crippen molar-refractivity contribution in [3.63, 3.8) is 0 Å². The second-order valence-corrected chi connectivity index (χ2v) is 6.11. The lowest BCUT2D eigenvalue weighted by molar-refractivity contribution is -0.0816. The molecule has 0 aromatic carbocycles. The number of ether oxygens (including phenoxy) is 1. The van der Waals surface area contributed by atoms with Crippen LogP contribution in [0.2, 0.25) is 0 Å². The zero-order valence-corrected chi connectivity index (χ0v) is 12.2. The van der Waals surface area contributed by atoms with Crippen LogP contribution in [0.5, 0.6) is 0 Å². The molecule has 0 saturated heterocycles. The van der Waals surface area contributed by atoms with Crippen molar-refractivity contribution in [2.45, 2.75) is 63.5 Å². The maximum Gasteiger partial charge on any atom is 0.0767 e. The minimum atomic E-state index is 0.108. The van der Waals surface area contributed by atoms with Crippen molar-refractivity contribution in [1.29, 1.82) is 0 Å². The maximum atomic E-state index is 6.19. The van der Waals surface area contributed by atoms with Gasteiger partial charge in [0, 0.05) is 20.2 Å². The Morgan fingerprint density at radius 1 is 1.22 bits per heavy atom. The smallest absolute Gasteiger partial charge is 0.0767 e. The van der Waals surface area contributed by atoms with Gasteiger partial charge in [-0.15, -0.1) is 0 Å². The number of hydrogen-bond donors (Lipinski definition) is 1. The Bertz CT molecular complexity index is 255. The molecular weight excluding hydrogens is 224 g/mol. The van der Waals surface area contributed by atoms with Gasteiger partial charge in [0.15, 0.2) is 0 Å². The molecule has 2 atom stereocenters. The predicted octanol–water partition coefficient (Wildman–Crippen LogP) is 2.39. The quantitative estimate of drug-likeness (QED) is 0.791.